The van der Waals surface area contributed by atoms with Gasteiger partial charge in [-0.15, -0.1) is 0 Å². The van der Waals surface area contributed by atoms with Crippen molar-refractivity contribution in [2.24, 2.45) is 0 Å². The Labute approximate surface area is 92.8 Å². The molecule has 0 aliphatic heterocycles. The molecule has 0 unspecified atom stereocenters. The second kappa shape index (κ2) is 3.17. The van der Waals surface area contributed by atoms with Crippen LogP contribution in [0.15, 0.2) is 30.5 Å². The number of benzene rings is 1. The van der Waals surface area contributed by atoms with Gasteiger partial charge in [0.05, 0.1) is 5.52 Å². The highest BCUT2D eigenvalue weighted by Gasteiger charge is 2.19. The standard InChI is InChI=1S/C13H10N2O/c1-14-9-6-7-15-10-4-2-8-3-5-11(16)12(8)13(9)10/h2-7H,1H3,(H,14,15). The number of nitrogens with one attached hydrogen (secondary N) is 1. The van der Waals surface area contributed by atoms with Gasteiger partial charge in [-0.05, 0) is 23.8 Å². The molecule has 78 valence electrons. The summed E-state index contributed by atoms with van der Waals surface area (Å²) >= 11 is 0. The van der Waals surface area contributed by atoms with E-state index in [1.165, 1.54) is 0 Å². The molecule has 1 aliphatic carbocycles. The van der Waals surface area contributed by atoms with Gasteiger partial charge in [0.1, 0.15) is 0 Å². The molecule has 1 heterocycles. The van der Waals surface area contributed by atoms with Gasteiger partial charge in [0, 0.05) is 29.9 Å². The highest BCUT2D eigenvalue weighted by Crippen LogP contribution is 2.31. The third-order valence-electron chi connectivity index (χ3n) is 2.87. The summed E-state index contributed by atoms with van der Waals surface area (Å²) in [5, 5.41) is 4.01. The van der Waals surface area contributed by atoms with Gasteiger partial charge in [-0.25, -0.2) is 0 Å². The van der Waals surface area contributed by atoms with E-state index in [1.54, 1.807) is 12.3 Å². The van der Waals surface area contributed by atoms with Crippen molar-refractivity contribution in [2.75, 3.05) is 12.4 Å². The predicted molar refractivity (Wildman–Crippen MR) is 64.7 cm³/mol. The summed E-state index contributed by atoms with van der Waals surface area (Å²) in [6.45, 7) is 0. The van der Waals surface area contributed by atoms with E-state index in [1.807, 2.05) is 31.3 Å². The van der Waals surface area contributed by atoms with E-state index in [0.29, 0.717) is 0 Å². The van der Waals surface area contributed by atoms with E-state index in [2.05, 4.69) is 10.3 Å². The maximum atomic E-state index is 11.8. The summed E-state index contributed by atoms with van der Waals surface area (Å²) in [4.78, 5) is 16.1. The Morgan fingerprint density at radius 3 is 2.88 bits per heavy atom. The van der Waals surface area contributed by atoms with Crippen molar-refractivity contribution in [3.8, 4) is 0 Å². The largest absolute Gasteiger partial charge is 0.388 e. The average molecular weight is 210 g/mol. The Bertz CT molecular complexity index is 629. The SMILES string of the molecule is CNc1ccnc2ccc3c(c12)C(=O)C=C3. The first-order valence-electron chi connectivity index (χ1n) is 5.13. The summed E-state index contributed by atoms with van der Waals surface area (Å²) in [7, 11) is 1.85. The summed E-state index contributed by atoms with van der Waals surface area (Å²) < 4.78 is 0. The second-order valence-electron chi connectivity index (χ2n) is 3.73. The molecule has 3 heteroatoms. The van der Waals surface area contributed by atoms with Crippen molar-refractivity contribution in [2.45, 2.75) is 0 Å². The number of ketones is 1. The number of carbonyl (C=O) groups is 1. The number of hydrogen-bond acceptors (Lipinski definition) is 3. The molecule has 2 aromatic rings. The van der Waals surface area contributed by atoms with Crippen molar-refractivity contribution in [1.82, 2.24) is 4.98 Å². The zero-order valence-electron chi connectivity index (χ0n) is 8.82. The van der Waals surface area contributed by atoms with Crippen LogP contribution in [0.25, 0.3) is 17.0 Å². The zero-order valence-corrected chi connectivity index (χ0v) is 8.82. The van der Waals surface area contributed by atoms with Crippen molar-refractivity contribution >= 4 is 28.4 Å². The van der Waals surface area contributed by atoms with E-state index in [-0.39, 0.29) is 5.78 Å². The quantitative estimate of drug-likeness (QED) is 0.786. The number of carbonyl (C=O) groups excluding carboxylic acids is 1. The minimum absolute atomic E-state index is 0.0603. The Hall–Kier alpha value is -2.16. The summed E-state index contributed by atoms with van der Waals surface area (Å²) in [5.74, 6) is 0.0603. The van der Waals surface area contributed by atoms with E-state index in [9.17, 15) is 4.79 Å². The lowest BCUT2D eigenvalue weighted by molar-refractivity contribution is 0.105. The fraction of sp³-hybridized carbons (Fsp3) is 0.0769. The number of rotatable bonds is 1. The van der Waals surface area contributed by atoms with Crippen molar-refractivity contribution in [3.63, 3.8) is 0 Å². The third kappa shape index (κ3) is 1.08. The van der Waals surface area contributed by atoms with Gasteiger partial charge in [0.2, 0.25) is 0 Å². The van der Waals surface area contributed by atoms with Crippen LogP contribution in [-0.2, 0) is 0 Å². The van der Waals surface area contributed by atoms with Gasteiger partial charge >= 0.3 is 0 Å². The van der Waals surface area contributed by atoms with Gasteiger partial charge in [0.25, 0.3) is 0 Å². The Kier molecular flexibility index (Phi) is 1.80. The molecule has 1 aromatic carbocycles. The molecule has 0 bridgehead atoms. The summed E-state index contributed by atoms with van der Waals surface area (Å²) in [5.41, 5.74) is 3.53. The van der Waals surface area contributed by atoms with E-state index in [4.69, 9.17) is 0 Å². The molecule has 16 heavy (non-hydrogen) atoms. The van der Waals surface area contributed by atoms with E-state index in [0.717, 1.165) is 27.7 Å². The number of aromatic nitrogens is 1. The van der Waals surface area contributed by atoms with Gasteiger partial charge in [-0.1, -0.05) is 12.1 Å². The Morgan fingerprint density at radius 1 is 1.19 bits per heavy atom. The van der Waals surface area contributed by atoms with Crippen LogP contribution in [0.4, 0.5) is 5.69 Å². The maximum Gasteiger partial charge on any atom is 0.187 e. The summed E-state index contributed by atoms with van der Waals surface area (Å²) in [6, 6.07) is 5.76. The lowest BCUT2D eigenvalue weighted by atomic mass is 10.0. The van der Waals surface area contributed by atoms with Crippen molar-refractivity contribution in [3.05, 3.63) is 41.6 Å². The first-order chi connectivity index (χ1) is 7.81. The molecule has 0 spiro atoms. The van der Waals surface area contributed by atoms with Gasteiger partial charge < -0.3 is 5.32 Å². The predicted octanol–water partition coefficient (Wildman–Crippen LogP) is 2.49. The van der Waals surface area contributed by atoms with Crippen LogP contribution in [0.3, 0.4) is 0 Å². The molecule has 1 aliphatic rings. The summed E-state index contributed by atoms with van der Waals surface area (Å²) in [6.07, 6.45) is 5.20. The number of pyridine rings is 1. The second-order valence-corrected chi connectivity index (χ2v) is 3.73. The average Bonchev–Trinajstić information content (AvgIpc) is 2.70. The highest BCUT2D eigenvalue weighted by molar-refractivity contribution is 6.22. The van der Waals surface area contributed by atoms with Crippen molar-refractivity contribution < 1.29 is 4.79 Å². The molecular weight excluding hydrogens is 200 g/mol. The van der Waals surface area contributed by atoms with Crippen LogP contribution in [0.5, 0.6) is 0 Å². The fourth-order valence-electron chi connectivity index (χ4n) is 2.12. The van der Waals surface area contributed by atoms with Crippen LogP contribution in [0.1, 0.15) is 15.9 Å². The van der Waals surface area contributed by atoms with Crippen LogP contribution >= 0.6 is 0 Å². The van der Waals surface area contributed by atoms with Crippen LogP contribution in [-0.4, -0.2) is 17.8 Å². The van der Waals surface area contributed by atoms with Crippen LogP contribution in [0, 0.1) is 0 Å². The first-order valence-corrected chi connectivity index (χ1v) is 5.13. The number of anilines is 1. The molecule has 3 nitrogen and oxygen atoms in total. The normalized spacial score (nSPS) is 13.2. The number of allylic oxidation sites excluding steroid dienone is 1. The molecular formula is C13H10N2O. The molecule has 0 radical (unpaired) electrons. The fourth-order valence-corrected chi connectivity index (χ4v) is 2.12. The smallest absolute Gasteiger partial charge is 0.187 e. The zero-order chi connectivity index (χ0) is 11.1. The lowest BCUT2D eigenvalue weighted by Crippen LogP contribution is -1.99. The maximum absolute atomic E-state index is 11.8. The Balaban J connectivity index is 2.48. The number of hydrogen-bond donors (Lipinski definition) is 1. The lowest BCUT2D eigenvalue weighted by Gasteiger charge is -2.08. The molecule has 0 fully saturated rings. The van der Waals surface area contributed by atoms with E-state index < -0.39 is 0 Å². The van der Waals surface area contributed by atoms with Crippen LogP contribution in [0.2, 0.25) is 0 Å². The molecule has 1 N–H and O–H groups in total. The monoisotopic (exact) mass is 210 g/mol. The molecule has 0 atom stereocenters. The molecule has 3 rings (SSSR count). The van der Waals surface area contributed by atoms with Crippen molar-refractivity contribution in [1.29, 1.82) is 0 Å². The molecule has 0 saturated heterocycles. The highest BCUT2D eigenvalue weighted by atomic mass is 16.1. The number of fused-ring (bicyclic) bond motifs is 3. The minimum Gasteiger partial charge on any atom is -0.388 e. The molecule has 0 saturated carbocycles. The van der Waals surface area contributed by atoms with Gasteiger partial charge in [0.15, 0.2) is 5.78 Å². The van der Waals surface area contributed by atoms with E-state index >= 15 is 0 Å². The third-order valence-corrected chi connectivity index (χ3v) is 2.87. The van der Waals surface area contributed by atoms with Gasteiger partial charge in [-0.3, -0.25) is 9.78 Å². The minimum atomic E-state index is 0.0603. The molecule has 0 amide bonds. The topological polar surface area (TPSA) is 42.0 Å². The number of nitrogens with zero attached hydrogens (tertiary/aromatic N) is 1. The molecule has 1 aromatic heterocycles. The first kappa shape index (κ1) is 9.09. The Morgan fingerprint density at radius 2 is 2.06 bits per heavy atom. The van der Waals surface area contributed by atoms with Crippen LogP contribution < -0.4 is 5.32 Å². The van der Waals surface area contributed by atoms with Gasteiger partial charge in [-0.2, -0.15) is 0 Å².